The van der Waals surface area contributed by atoms with Crippen molar-refractivity contribution in [3.63, 3.8) is 0 Å². The first kappa shape index (κ1) is 31.7. The number of aliphatic carboxylic acids is 2. The van der Waals surface area contributed by atoms with Crippen molar-refractivity contribution in [2.75, 3.05) is 25.0 Å². The topological polar surface area (TPSA) is 151 Å². The van der Waals surface area contributed by atoms with Gasteiger partial charge in [0.15, 0.2) is 0 Å². The number of nitrogens with zero attached hydrogens (tertiary/aromatic N) is 4. The van der Waals surface area contributed by atoms with Crippen LogP contribution in [0.25, 0.3) is 0 Å². The molecule has 11 nitrogen and oxygen atoms in total. The van der Waals surface area contributed by atoms with Crippen LogP contribution in [0.1, 0.15) is 30.0 Å². The van der Waals surface area contributed by atoms with Gasteiger partial charge in [0.25, 0.3) is 0 Å². The van der Waals surface area contributed by atoms with Gasteiger partial charge < -0.3 is 24.8 Å². The van der Waals surface area contributed by atoms with Crippen LogP contribution in [0.4, 0.5) is 32.2 Å². The third-order valence-electron chi connectivity index (χ3n) is 5.52. The second-order valence-corrected chi connectivity index (χ2v) is 8.78. The molecule has 0 saturated carbocycles. The normalized spacial score (nSPS) is 21.4. The van der Waals surface area contributed by atoms with E-state index >= 15 is 0 Å². The number of hydrogen-bond acceptors (Lipinski definition) is 9. The molecule has 2 aliphatic rings. The number of carbonyl (C=O) groups is 2. The molecule has 2 fully saturated rings. The number of likely N-dealkylation sites (tertiary alicyclic amines) is 1. The minimum atomic E-state index is -5.08. The molecule has 0 radical (unpaired) electrons. The van der Waals surface area contributed by atoms with Gasteiger partial charge in [0.2, 0.25) is 0 Å². The summed E-state index contributed by atoms with van der Waals surface area (Å²) >= 11 is 0. The van der Waals surface area contributed by atoms with Gasteiger partial charge in [0, 0.05) is 32.3 Å². The number of carboxylic acid groups (broad SMARTS) is 2. The molecule has 3 atom stereocenters. The Morgan fingerprint density at radius 2 is 1.67 bits per heavy atom. The zero-order valence-electron chi connectivity index (χ0n) is 20.8. The van der Waals surface area contributed by atoms with E-state index in [-0.39, 0.29) is 12.1 Å². The molecular formula is C22H27F6N5O6. The van der Waals surface area contributed by atoms with E-state index in [4.69, 9.17) is 29.1 Å². The number of hydrogen-bond donors (Lipinski definition) is 3. The maximum atomic E-state index is 10.6. The van der Waals surface area contributed by atoms with Crippen molar-refractivity contribution in [3.05, 3.63) is 35.3 Å². The van der Waals surface area contributed by atoms with Crippen molar-refractivity contribution in [2.24, 2.45) is 5.92 Å². The number of alkyl halides is 6. The second kappa shape index (κ2) is 13.5. The maximum absolute atomic E-state index is 10.6. The monoisotopic (exact) mass is 571 g/mol. The molecule has 3 N–H and O–H groups in total. The SMILES string of the molecule is Cc1ccc(N[C@@H]2CN(Cc3cc(C)on3)C[C@@H]3CCCO[C@@H]32)nn1.O=C(O)C(F)(F)F.O=C(O)C(F)(F)F. The van der Waals surface area contributed by atoms with Crippen molar-refractivity contribution < 1.29 is 55.4 Å². The lowest BCUT2D eigenvalue weighted by Crippen LogP contribution is -2.57. The van der Waals surface area contributed by atoms with E-state index < -0.39 is 24.3 Å². The fraction of sp³-hybridized carbons (Fsp3) is 0.591. The molecule has 4 heterocycles. The van der Waals surface area contributed by atoms with E-state index in [1.807, 2.05) is 32.0 Å². The molecule has 39 heavy (non-hydrogen) atoms. The van der Waals surface area contributed by atoms with Crippen molar-refractivity contribution in [3.8, 4) is 0 Å². The average Bonchev–Trinajstić information content (AvgIpc) is 3.24. The molecule has 218 valence electrons. The Morgan fingerprint density at radius 3 is 2.15 bits per heavy atom. The predicted octanol–water partition coefficient (Wildman–Crippen LogP) is 3.44. The number of carboxylic acids is 2. The van der Waals surface area contributed by atoms with Gasteiger partial charge in [-0.2, -0.15) is 31.4 Å². The second-order valence-electron chi connectivity index (χ2n) is 8.78. The highest BCUT2D eigenvalue weighted by molar-refractivity contribution is 5.73. The number of aryl methyl sites for hydroxylation is 2. The largest absolute Gasteiger partial charge is 0.490 e. The van der Waals surface area contributed by atoms with E-state index in [0.717, 1.165) is 55.6 Å². The van der Waals surface area contributed by atoms with Crippen LogP contribution in [0.2, 0.25) is 0 Å². The summed E-state index contributed by atoms with van der Waals surface area (Å²) in [6.07, 6.45) is -7.60. The quantitative estimate of drug-likeness (QED) is 0.463. The summed E-state index contributed by atoms with van der Waals surface area (Å²) in [5.41, 5.74) is 1.91. The lowest BCUT2D eigenvalue weighted by molar-refractivity contribution is -0.193. The third kappa shape index (κ3) is 10.7. The number of fused-ring (bicyclic) bond motifs is 1. The number of nitrogens with one attached hydrogen (secondary N) is 1. The van der Waals surface area contributed by atoms with Crippen LogP contribution in [-0.4, -0.2) is 86.6 Å². The molecule has 2 aliphatic heterocycles. The van der Waals surface area contributed by atoms with Gasteiger partial charge in [0.05, 0.1) is 23.5 Å². The van der Waals surface area contributed by atoms with E-state index in [9.17, 15) is 26.3 Å². The minimum Gasteiger partial charge on any atom is -0.475 e. The number of halogens is 6. The zero-order valence-corrected chi connectivity index (χ0v) is 20.8. The highest BCUT2D eigenvalue weighted by atomic mass is 19.4. The van der Waals surface area contributed by atoms with Crippen molar-refractivity contribution in [1.29, 1.82) is 0 Å². The van der Waals surface area contributed by atoms with Crippen molar-refractivity contribution >= 4 is 17.8 Å². The summed E-state index contributed by atoms with van der Waals surface area (Å²) in [7, 11) is 0. The van der Waals surface area contributed by atoms with Crippen LogP contribution in [0, 0.1) is 19.8 Å². The number of piperidine rings is 1. The van der Waals surface area contributed by atoms with Crippen LogP contribution in [-0.2, 0) is 20.9 Å². The third-order valence-corrected chi connectivity index (χ3v) is 5.52. The standard InChI is InChI=1S/C18H25N5O2.2C2HF3O2/c1-12-5-6-17(21-20-12)19-16-11-23(10-15-8-13(2)25-22-15)9-14-4-3-7-24-18(14)16;2*3-2(4,5)1(6)7/h5-6,8,14,16,18H,3-4,7,9-11H2,1-2H3,(H,19,21);2*(H,6,7)/t14-,16+,18-;;/m0../s1. The molecule has 0 aromatic carbocycles. The molecular weight excluding hydrogens is 544 g/mol. The first-order valence-corrected chi connectivity index (χ1v) is 11.5. The first-order valence-electron chi connectivity index (χ1n) is 11.5. The van der Waals surface area contributed by atoms with Crippen LogP contribution in [0.5, 0.6) is 0 Å². The van der Waals surface area contributed by atoms with E-state index in [1.54, 1.807) is 0 Å². The van der Waals surface area contributed by atoms with Gasteiger partial charge >= 0.3 is 24.3 Å². The Morgan fingerprint density at radius 1 is 1.05 bits per heavy atom. The van der Waals surface area contributed by atoms with E-state index in [2.05, 4.69) is 25.6 Å². The lowest BCUT2D eigenvalue weighted by atomic mass is 9.85. The highest BCUT2D eigenvalue weighted by Crippen LogP contribution is 2.30. The number of aromatic nitrogens is 3. The molecule has 17 heteroatoms. The van der Waals surface area contributed by atoms with E-state index in [1.165, 1.54) is 6.42 Å². The fourth-order valence-corrected chi connectivity index (χ4v) is 3.94. The summed E-state index contributed by atoms with van der Waals surface area (Å²) in [5.74, 6) is -3.32. The first-order chi connectivity index (χ1) is 18.1. The van der Waals surface area contributed by atoms with Gasteiger partial charge in [0.1, 0.15) is 11.6 Å². The zero-order chi connectivity index (χ0) is 29.4. The molecule has 0 unspecified atom stereocenters. The van der Waals surface area contributed by atoms with Crippen molar-refractivity contribution in [1.82, 2.24) is 20.3 Å². The summed E-state index contributed by atoms with van der Waals surface area (Å²) in [6.45, 7) is 7.45. The Balaban J connectivity index is 0.000000317. The average molecular weight is 571 g/mol. The number of ether oxygens (including phenoxy) is 1. The summed E-state index contributed by atoms with van der Waals surface area (Å²) in [5, 5.41) is 30.3. The predicted molar refractivity (Wildman–Crippen MR) is 121 cm³/mol. The molecule has 0 aliphatic carbocycles. The molecule has 4 rings (SSSR count). The van der Waals surface area contributed by atoms with Crippen molar-refractivity contribution in [2.45, 2.75) is 57.7 Å². The smallest absolute Gasteiger partial charge is 0.475 e. The van der Waals surface area contributed by atoms with Gasteiger partial charge in [-0.15, -0.1) is 5.10 Å². The Kier molecular flexibility index (Phi) is 11.0. The van der Waals surface area contributed by atoms with Gasteiger partial charge in [-0.3, -0.25) is 4.90 Å². The summed E-state index contributed by atoms with van der Waals surface area (Å²) in [6, 6.07) is 6.18. The van der Waals surface area contributed by atoms with Crippen LogP contribution in [0.15, 0.2) is 22.7 Å². The summed E-state index contributed by atoms with van der Waals surface area (Å²) < 4.78 is 74.8. The van der Waals surface area contributed by atoms with Crippen LogP contribution < -0.4 is 5.32 Å². The summed E-state index contributed by atoms with van der Waals surface area (Å²) in [4.78, 5) is 20.2. The molecule has 2 aromatic rings. The minimum absolute atomic E-state index is 0.198. The van der Waals surface area contributed by atoms with Gasteiger partial charge in [-0.25, -0.2) is 9.59 Å². The number of rotatable bonds is 4. The highest BCUT2D eigenvalue weighted by Gasteiger charge is 2.40. The van der Waals surface area contributed by atoms with Gasteiger partial charge in [-0.1, -0.05) is 5.16 Å². The van der Waals surface area contributed by atoms with E-state index in [0.29, 0.717) is 5.92 Å². The fourth-order valence-electron chi connectivity index (χ4n) is 3.94. The molecule has 0 bridgehead atoms. The number of anilines is 1. The van der Waals surface area contributed by atoms with Crippen LogP contribution in [0.3, 0.4) is 0 Å². The Hall–Kier alpha value is -3.47. The Bertz CT molecular complexity index is 1050. The molecule has 2 saturated heterocycles. The molecule has 0 amide bonds. The Labute approximate surface area is 218 Å². The molecule has 2 aromatic heterocycles. The lowest BCUT2D eigenvalue weighted by Gasteiger charge is -2.46. The van der Waals surface area contributed by atoms with Crippen LogP contribution >= 0.6 is 0 Å². The maximum Gasteiger partial charge on any atom is 0.490 e. The van der Waals surface area contributed by atoms with Gasteiger partial charge in [-0.05, 0) is 44.7 Å². The molecule has 0 spiro atoms.